The molecule has 312 valence electrons. The molecule has 8 rings (SSSR count). The van der Waals surface area contributed by atoms with Gasteiger partial charge < -0.3 is 38.8 Å². The fraction of sp³-hybridized carbons (Fsp3) is 0.409. The zero-order valence-corrected chi connectivity index (χ0v) is 35.4. The zero-order valence-electron chi connectivity index (χ0n) is 33.9. The van der Waals surface area contributed by atoms with Crippen molar-refractivity contribution in [2.75, 3.05) is 6.61 Å². The molecular formula is C44H53BrN8O6. The van der Waals surface area contributed by atoms with Gasteiger partial charge in [0.25, 0.3) is 0 Å². The third-order valence-electron chi connectivity index (χ3n) is 10.5. The minimum Gasteiger partial charge on any atom is -0.508 e. The summed E-state index contributed by atoms with van der Waals surface area (Å²) in [6.07, 6.45) is 16.8. The maximum atomic E-state index is 11.8. The summed E-state index contributed by atoms with van der Waals surface area (Å²) >= 11 is 3.39. The first-order valence-corrected chi connectivity index (χ1v) is 21.3. The first kappa shape index (κ1) is 42.9. The number of aromatic nitrogens is 8. The predicted molar refractivity (Wildman–Crippen MR) is 226 cm³/mol. The number of aliphatic carboxylic acids is 1. The van der Waals surface area contributed by atoms with E-state index in [2.05, 4.69) is 45.8 Å². The quantitative estimate of drug-likeness (QED) is 0.0666. The van der Waals surface area contributed by atoms with Crippen LogP contribution in [0.25, 0.3) is 0 Å². The lowest BCUT2D eigenvalue weighted by Crippen LogP contribution is -2.14. The molecule has 0 saturated carbocycles. The molecule has 4 N–H and O–H groups in total. The third-order valence-corrected chi connectivity index (χ3v) is 11.0. The number of esters is 1. The number of benzene rings is 2. The number of aromatic hydroxyl groups is 1. The van der Waals surface area contributed by atoms with Crippen LogP contribution in [0.4, 0.5) is 0 Å². The second kappa shape index (κ2) is 20.8. The highest BCUT2D eigenvalue weighted by Crippen LogP contribution is 2.30. The Morgan fingerprint density at radius 3 is 1.76 bits per heavy atom. The highest BCUT2D eigenvalue weighted by atomic mass is 79.9. The molecule has 0 saturated heterocycles. The first-order valence-electron chi connectivity index (χ1n) is 20.1. The molecule has 15 heteroatoms. The van der Waals surface area contributed by atoms with Gasteiger partial charge in [0.05, 0.1) is 48.0 Å². The Kier molecular flexibility index (Phi) is 15.1. The van der Waals surface area contributed by atoms with Crippen molar-refractivity contribution in [3.63, 3.8) is 0 Å². The number of fused-ring (bicyclic) bond motifs is 2. The second-order valence-electron chi connectivity index (χ2n) is 14.7. The SMILES string of the molecule is BrCc1nc2c([nH]1)CCCC2.CCOC(=O)C[C@@H](c1ccc(O)cc1)c1nccn1C.Cn1ccnc1[C@@H](CC(=O)O)c1ccc(OCc2nc3c([nH]2)CCCC3)cc1. The predicted octanol–water partition coefficient (Wildman–Crippen LogP) is 7.60. The van der Waals surface area contributed by atoms with E-state index in [0.717, 1.165) is 58.3 Å². The molecule has 14 nitrogen and oxygen atoms in total. The van der Waals surface area contributed by atoms with Crippen molar-refractivity contribution < 1.29 is 29.3 Å². The molecule has 59 heavy (non-hydrogen) atoms. The Morgan fingerprint density at radius 2 is 1.27 bits per heavy atom. The van der Waals surface area contributed by atoms with Crippen LogP contribution in [-0.2, 0) is 66.0 Å². The van der Waals surface area contributed by atoms with E-state index in [0.29, 0.717) is 13.2 Å². The van der Waals surface area contributed by atoms with Crippen LogP contribution in [0.2, 0.25) is 0 Å². The van der Waals surface area contributed by atoms with Crippen LogP contribution in [0.1, 0.15) is 114 Å². The van der Waals surface area contributed by atoms with Crippen LogP contribution in [-0.4, -0.2) is 67.8 Å². The number of carbonyl (C=O) groups excluding carboxylic acids is 1. The fourth-order valence-corrected chi connectivity index (χ4v) is 7.78. The highest BCUT2D eigenvalue weighted by molar-refractivity contribution is 9.08. The lowest BCUT2D eigenvalue weighted by molar-refractivity contribution is -0.143. The smallest absolute Gasteiger partial charge is 0.306 e. The minimum absolute atomic E-state index is 0.0109. The summed E-state index contributed by atoms with van der Waals surface area (Å²) in [4.78, 5) is 47.6. The van der Waals surface area contributed by atoms with E-state index in [9.17, 15) is 19.8 Å². The average Bonchev–Trinajstić information content (AvgIpc) is 4.06. The Morgan fingerprint density at radius 1 is 0.763 bits per heavy atom. The van der Waals surface area contributed by atoms with Gasteiger partial charge in [0.2, 0.25) is 0 Å². The molecule has 0 amide bonds. The van der Waals surface area contributed by atoms with Crippen molar-refractivity contribution in [3.05, 3.63) is 131 Å². The summed E-state index contributed by atoms with van der Waals surface area (Å²) < 4.78 is 14.6. The molecule has 0 radical (unpaired) electrons. The first-order chi connectivity index (χ1) is 28.6. The molecular weight excluding hydrogens is 816 g/mol. The molecule has 0 spiro atoms. The van der Waals surface area contributed by atoms with Crippen LogP contribution in [0, 0.1) is 0 Å². The molecule has 0 bridgehead atoms. The van der Waals surface area contributed by atoms with Gasteiger partial charge in [-0.3, -0.25) is 9.59 Å². The number of carboxylic acids is 1. The lowest BCUT2D eigenvalue weighted by atomic mass is 9.94. The van der Waals surface area contributed by atoms with Gasteiger partial charge in [-0.15, -0.1) is 0 Å². The van der Waals surface area contributed by atoms with Crippen molar-refractivity contribution in [2.24, 2.45) is 14.1 Å². The van der Waals surface area contributed by atoms with E-state index in [-0.39, 0.29) is 36.4 Å². The Balaban J connectivity index is 0.000000164. The molecule has 4 heterocycles. The van der Waals surface area contributed by atoms with Gasteiger partial charge in [-0.25, -0.2) is 19.9 Å². The van der Waals surface area contributed by atoms with Crippen molar-refractivity contribution >= 4 is 27.9 Å². The van der Waals surface area contributed by atoms with E-state index < -0.39 is 5.97 Å². The van der Waals surface area contributed by atoms with Crippen molar-refractivity contribution in [2.45, 2.75) is 94.9 Å². The summed E-state index contributed by atoms with van der Waals surface area (Å²) in [6, 6.07) is 14.4. The van der Waals surface area contributed by atoms with Crippen molar-refractivity contribution in [1.29, 1.82) is 0 Å². The van der Waals surface area contributed by atoms with Crippen molar-refractivity contribution in [1.82, 2.24) is 39.0 Å². The number of nitrogens with one attached hydrogen (secondary N) is 2. The van der Waals surface area contributed by atoms with Crippen LogP contribution < -0.4 is 4.74 Å². The average molecular weight is 870 g/mol. The van der Waals surface area contributed by atoms with Gasteiger partial charge in [-0.1, -0.05) is 40.2 Å². The van der Waals surface area contributed by atoms with Gasteiger partial charge in [-0.2, -0.15) is 0 Å². The number of carbonyl (C=O) groups is 2. The van der Waals surface area contributed by atoms with Gasteiger partial charge in [-0.05, 0) is 93.7 Å². The van der Waals surface area contributed by atoms with Crippen molar-refractivity contribution in [3.8, 4) is 11.5 Å². The summed E-state index contributed by atoms with van der Waals surface area (Å²) in [7, 11) is 3.76. The maximum absolute atomic E-state index is 11.8. The molecule has 0 unspecified atom stereocenters. The zero-order chi connectivity index (χ0) is 41.7. The molecule has 2 aromatic carbocycles. The number of phenolic OH excluding ortho intramolecular Hbond substituents is 1. The number of hydrogen-bond donors (Lipinski definition) is 4. The van der Waals surface area contributed by atoms with E-state index in [1.807, 2.05) is 59.9 Å². The minimum atomic E-state index is -0.852. The summed E-state index contributed by atoms with van der Waals surface area (Å²) in [6.45, 7) is 2.54. The van der Waals surface area contributed by atoms with Gasteiger partial charge in [0.1, 0.15) is 41.4 Å². The van der Waals surface area contributed by atoms with Crippen LogP contribution in [0.15, 0.2) is 73.3 Å². The van der Waals surface area contributed by atoms with Gasteiger partial charge >= 0.3 is 11.9 Å². The molecule has 2 aliphatic rings. The second-order valence-corrected chi connectivity index (χ2v) is 15.3. The van der Waals surface area contributed by atoms with Crippen LogP contribution >= 0.6 is 15.9 Å². The molecule has 0 fully saturated rings. The van der Waals surface area contributed by atoms with E-state index in [1.165, 1.54) is 61.3 Å². The topological polar surface area (TPSA) is 186 Å². The molecule has 4 aromatic heterocycles. The summed E-state index contributed by atoms with van der Waals surface area (Å²) in [5.74, 6) is 2.79. The highest BCUT2D eigenvalue weighted by Gasteiger charge is 2.24. The number of imidazole rings is 4. The number of alkyl halides is 1. The number of phenols is 1. The van der Waals surface area contributed by atoms with Gasteiger partial charge in [0, 0.05) is 50.3 Å². The van der Waals surface area contributed by atoms with E-state index >= 15 is 0 Å². The molecule has 2 atom stereocenters. The number of halogens is 1. The van der Waals surface area contributed by atoms with E-state index in [4.69, 9.17) is 9.47 Å². The number of ether oxygens (including phenoxy) is 2. The Labute approximate surface area is 352 Å². The number of carboxylic acid groups (broad SMARTS) is 1. The van der Waals surface area contributed by atoms with E-state index in [1.54, 1.807) is 43.6 Å². The largest absolute Gasteiger partial charge is 0.508 e. The standard InChI is InChI=1S/C21H24N4O3.C15H18N2O3.C8H11BrN2/c1-25-11-10-22-21(25)16(12-20(26)27)14-6-8-15(9-7-14)28-13-19-23-17-4-2-3-5-18(17)24-19;1-3-20-14(19)10-13(15-16-8-9-17(15)2)11-4-6-12(18)7-5-11;9-5-8-10-6-3-1-2-4-7(6)11-8/h6-11,16H,2-5,12-13H2,1H3,(H,23,24)(H,26,27);4-9,13,18H,3,10H2,1-2H3;1-5H2,(H,10,11)/t16-;13-;/m00./s1. The fourth-order valence-electron chi connectivity index (χ4n) is 7.51. The number of rotatable bonds is 13. The number of hydrogen-bond acceptors (Lipinski definition) is 9. The monoisotopic (exact) mass is 868 g/mol. The third kappa shape index (κ3) is 11.7. The van der Waals surface area contributed by atoms with Crippen LogP contribution in [0.3, 0.4) is 0 Å². The molecule has 2 aliphatic carbocycles. The Hall–Kier alpha value is -5.70. The molecule has 0 aliphatic heterocycles. The van der Waals surface area contributed by atoms with Crippen LogP contribution in [0.5, 0.6) is 11.5 Å². The molecule has 6 aromatic rings. The lowest BCUT2D eigenvalue weighted by Gasteiger charge is -2.16. The number of nitrogens with zero attached hydrogens (tertiary/aromatic N) is 6. The number of aromatic amines is 2. The Bertz CT molecular complexity index is 2210. The van der Waals surface area contributed by atoms with Gasteiger partial charge in [0.15, 0.2) is 0 Å². The number of aryl methyl sites for hydroxylation is 6. The maximum Gasteiger partial charge on any atom is 0.306 e. The summed E-state index contributed by atoms with van der Waals surface area (Å²) in [5, 5.41) is 19.5. The number of H-pyrrole nitrogens is 2. The normalized spacial score (nSPS) is 14.0. The summed E-state index contributed by atoms with van der Waals surface area (Å²) in [5.41, 5.74) is 6.90.